The van der Waals surface area contributed by atoms with Gasteiger partial charge in [-0.15, -0.1) is 0 Å². The van der Waals surface area contributed by atoms with Gasteiger partial charge in [-0.3, -0.25) is 14.0 Å². The van der Waals surface area contributed by atoms with Crippen LogP contribution in [-0.4, -0.2) is 64.5 Å². The van der Waals surface area contributed by atoms with Gasteiger partial charge in [0.1, 0.15) is 49.5 Å². The van der Waals surface area contributed by atoms with Crippen molar-refractivity contribution < 1.29 is 38.3 Å². The third kappa shape index (κ3) is 16.8. The first-order valence-corrected chi connectivity index (χ1v) is 26.8. The van der Waals surface area contributed by atoms with Gasteiger partial charge in [0.25, 0.3) is 0 Å². The standard InChI is InChI=1S/C22H21F2N3O2.C22H23N3O2.C21H21N3O2/c1-15-18(12-25)21(27(26-15)13-16-6-3-2-4-7-16)14-29-22-19(23)10-17(8-5-9-28)11-20(22)24;1-17-21(14-23)22(25(24-17)15-19-6-3-2-4-7-19)16-27-20-11-9-18(10-12-20)8-5-13-26;1-16-20(13-22)21(24(23-16)14-18-5-3-2-4-6-18)15-26-19-9-7-17(8-10-19)11-12-25/h2-4,6-7,10-11,28H,5,8-9,13-14H2,1H3;2-4,6-7,9-12,26H,5,8,13,15-16H2,1H3;2-10,25H,11-12,14-15H2,1H3. The lowest BCUT2D eigenvalue weighted by molar-refractivity contribution is 0.263. The Bertz CT molecular complexity index is 3560. The molecule has 3 aromatic heterocycles. The van der Waals surface area contributed by atoms with Crippen molar-refractivity contribution in [2.45, 2.75) is 92.3 Å². The highest BCUT2D eigenvalue weighted by atomic mass is 19.1. The van der Waals surface area contributed by atoms with Gasteiger partial charge in [-0.2, -0.15) is 31.1 Å². The Morgan fingerprint density at radius 3 is 1.07 bits per heavy atom. The minimum Gasteiger partial charge on any atom is -0.487 e. The normalized spacial score (nSPS) is 10.6. The molecule has 6 aromatic carbocycles. The van der Waals surface area contributed by atoms with Crippen LogP contribution in [0.25, 0.3) is 0 Å². The number of rotatable bonds is 23. The van der Waals surface area contributed by atoms with Crippen LogP contribution in [0.15, 0.2) is 152 Å². The van der Waals surface area contributed by atoms with Crippen LogP contribution < -0.4 is 14.2 Å². The molecule has 0 bridgehead atoms. The zero-order valence-electron chi connectivity index (χ0n) is 46.2. The molecule has 15 nitrogen and oxygen atoms in total. The minimum atomic E-state index is -0.817. The molecule has 3 heterocycles. The highest BCUT2D eigenvalue weighted by Crippen LogP contribution is 2.27. The molecule has 0 atom stereocenters. The van der Waals surface area contributed by atoms with Gasteiger partial charge in [0, 0.05) is 19.8 Å². The van der Waals surface area contributed by atoms with Crippen molar-refractivity contribution in [1.29, 1.82) is 15.8 Å². The average Bonchev–Trinajstić information content (AvgIpc) is 4.14. The molecule has 9 aromatic rings. The first-order chi connectivity index (χ1) is 39.9. The second-order valence-corrected chi connectivity index (χ2v) is 19.2. The topological polar surface area (TPSA) is 213 Å². The summed E-state index contributed by atoms with van der Waals surface area (Å²) in [5.74, 6) is -0.659. The summed E-state index contributed by atoms with van der Waals surface area (Å²) in [4.78, 5) is 0. The van der Waals surface area contributed by atoms with Crippen LogP contribution in [0.3, 0.4) is 0 Å². The molecule has 0 amide bonds. The second-order valence-electron chi connectivity index (χ2n) is 19.2. The van der Waals surface area contributed by atoms with Gasteiger partial charge in [-0.25, -0.2) is 8.78 Å². The van der Waals surface area contributed by atoms with E-state index in [-0.39, 0.29) is 39.6 Å². The number of aliphatic hydroxyl groups is 3. The Kier molecular flexibility index (Phi) is 22.6. The maximum Gasteiger partial charge on any atom is 0.191 e. The summed E-state index contributed by atoms with van der Waals surface area (Å²) in [6.07, 6.45) is 3.01. The molecule has 0 aliphatic carbocycles. The molecule has 82 heavy (non-hydrogen) atoms. The van der Waals surface area contributed by atoms with E-state index in [4.69, 9.17) is 29.5 Å². The van der Waals surface area contributed by atoms with Crippen molar-refractivity contribution in [3.05, 3.63) is 248 Å². The lowest BCUT2D eigenvalue weighted by Gasteiger charge is -2.12. The average molecular weight is 1110 g/mol. The minimum absolute atomic E-state index is 0.0524. The molecule has 420 valence electrons. The van der Waals surface area contributed by atoms with E-state index in [9.17, 15) is 24.6 Å². The monoisotopic (exact) mass is 1110 g/mol. The molecule has 0 aliphatic heterocycles. The molecule has 0 saturated heterocycles. The highest BCUT2D eigenvalue weighted by molar-refractivity contribution is 5.41. The molecule has 0 radical (unpaired) electrons. The Morgan fingerprint density at radius 1 is 0.415 bits per heavy atom. The second kappa shape index (κ2) is 30.8. The quantitative estimate of drug-likeness (QED) is 0.0546. The number of aromatic nitrogens is 6. The number of nitrogens with zero attached hydrogens (tertiary/aromatic N) is 9. The van der Waals surface area contributed by atoms with Crippen molar-refractivity contribution >= 4 is 0 Å². The van der Waals surface area contributed by atoms with Gasteiger partial charge in [-0.05, 0) is 123 Å². The molecule has 3 N–H and O–H groups in total. The predicted molar refractivity (Wildman–Crippen MR) is 306 cm³/mol. The zero-order valence-corrected chi connectivity index (χ0v) is 46.2. The molecule has 17 heteroatoms. The number of benzene rings is 6. The molecular formula is C65H65F2N9O6. The number of ether oxygens (including phenoxy) is 3. The van der Waals surface area contributed by atoms with Gasteiger partial charge >= 0.3 is 0 Å². The Labute approximate surface area is 476 Å². The third-order valence-electron chi connectivity index (χ3n) is 13.2. The number of nitriles is 3. The first-order valence-electron chi connectivity index (χ1n) is 26.8. The summed E-state index contributed by atoms with van der Waals surface area (Å²) in [6, 6.07) is 54.1. The van der Waals surface area contributed by atoms with Crippen LogP contribution in [0.4, 0.5) is 8.78 Å². The zero-order chi connectivity index (χ0) is 58.2. The van der Waals surface area contributed by atoms with Crippen LogP contribution in [-0.2, 0) is 58.7 Å². The summed E-state index contributed by atoms with van der Waals surface area (Å²) < 4.78 is 51.3. The molecule has 0 fully saturated rings. The van der Waals surface area contributed by atoms with E-state index in [0.717, 1.165) is 58.0 Å². The number of hydrogen-bond donors (Lipinski definition) is 3. The van der Waals surface area contributed by atoms with Gasteiger partial charge in [0.2, 0.25) is 0 Å². The van der Waals surface area contributed by atoms with Crippen LogP contribution in [0.5, 0.6) is 17.2 Å². The molecule has 0 spiro atoms. The maximum atomic E-state index is 14.4. The highest BCUT2D eigenvalue weighted by Gasteiger charge is 2.21. The summed E-state index contributed by atoms with van der Waals surface area (Å²) in [6.45, 7) is 7.63. The van der Waals surface area contributed by atoms with Crippen molar-refractivity contribution in [3.8, 4) is 35.5 Å². The van der Waals surface area contributed by atoms with E-state index >= 15 is 0 Å². The lowest BCUT2D eigenvalue weighted by atomic mass is 10.1. The molecular weight excluding hydrogens is 1040 g/mol. The number of aryl methyl sites for hydroxylation is 5. The van der Waals surface area contributed by atoms with Crippen LogP contribution in [0.1, 0.15) is 97.1 Å². The fourth-order valence-corrected chi connectivity index (χ4v) is 8.96. The van der Waals surface area contributed by atoms with Crippen LogP contribution >= 0.6 is 0 Å². The fourth-order valence-electron chi connectivity index (χ4n) is 8.96. The molecule has 0 aliphatic rings. The van der Waals surface area contributed by atoms with Crippen molar-refractivity contribution in [2.75, 3.05) is 19.8 Å². The number of hydrogen-bond acceptors (Lipinski definition) is 12. The van der Waals surface area contributed by atoms with E-state index in [0.29, 0.717) is 83.9 Å². The van der Waals surface area contributed by atoms with E-state index in [1.165, 1.54) is 17.7 Å². The SMILES string of the molecule is Cc1nn(Cc2ccccc2)c(COc2c(F)cc(CCCO)cc2F)c1C#N.Cc1nn(Cc2ccccc2)c(COc2ccc(CCCO)cc2)c1C#N.Cc1nn(Cc2ccccc2)c(COc2ccc(CCO)cc2)c1C#N. The third-order valence-corrected chi connectivity index (χ3v) is 13.2. The molecule has 0 unspecified atom stereocenters. The van der Waals surface area contributed by atoms with Gasteiger partial charge in [0.15, 0.2) is 17.4 Å². The summed E-state index contributed by atoms with van der Waals surface area (Å²) in [5, 5.41) is 68.7. The van der Waals surface area contributed by atoms with Crippen LogP contribution in [0, 0.1) is 66.4 Å². The maximum absolute atomic E-state index is 14.4. The van der Waals surface area contributed by atoms with Crippen LogP contribution in [0.2, 0.25) is 0 Å². The summed E-state index contributed by atoms with van der Waals surface area (Å²) in [7, 11) is 0. The Morgan fingerprint density at radius 2 is 0.744 bits per heavy atom. The smallest absolute Gasteiger partial charge is 0.191 e. The Hall–Kier alpha value is -9.44. The van der Waals surface area contributed by atoms with Crippen molar-refractivity contribution in [1.82, 2.24) is 29.3 Å². The van der Waals surface area contributed by atoms with Crippen molar-refractivity contribution in [3.63, 3.8) is 0 Å². The van der Waals surface area contributed by atoms with Gasteiger partial charge in [-0.1, -0.05) is 115 Å². The lowest BCUT2D eigenvalue weighted by Crippen LogP contribution is -2.11. The van der Waals surface area contributed by atoms with Gasteiger partial charge < -0.3 is 29.5 Å². The number of halogens is 2. The van der Waals surface area contributed by atoms with E-state index in [2.05, 4.69) is 33.5 Å². The van der Waals surface area contributed by atoms with Crippen molar-refractivity contribution in [2.24, 2.45) is 0 Å². The van der Waals surface area contributed by atoms with E-state index in [1.807, 2.05) is 163 Å². The van der Waals surface area contributed by atoms with Gasteiger partial charge in [0.05, 0.1) is 70.5 Å². The molecule has 0 saturated carbocycles. The Balaban J connectivity index is 0.000000177. The molecule has 9 rings (SSSR count). The first kappa shape index (κ1) is 60.2. The summed E-state index contributed by atoms with van der Waals surface area (Å²) in [5.41, 5.74) is 11.3. The largest absolute Gasteiger partial charge is 0.487 e. The van der Waals surface area contributed by atoms with E-state index in [1.54, 1.807) is 11.6 Å². The number of aliphatic hydroxyl groups excluding tert-OH is 3. The fraction of sp³-hybridized carbons (Fsp3) is 0.262. The summed E-state index contributed by atoms with van der Waals surface area (Å²) >= 11 is 0. The van der Waals surface area contributed by atoms with E-state index < -0.39 is 17.4 Å². The predicted octanol–water partition coefficient (Wildman–Crippen LogP) is 10.7.